The minimum atomic E-state index is -0.986. The minimum Gasteiger partial charge on any atom is -0.351 e. The summed E-state index contributed by atoms with van der Waals surface area (Å²) < 4.78 is 13.4. The van der Waals surface area contributed by atoms with E-state index in [2.05, 4.69) is 10.3 Å². The summed E-state index contributed by atoms with van der Waals surface area (Å²) in [6.45, 7) is 0. The van der Waals surface area contributed by atoms with Crippen molar-refractivity contribution < 1.29 is 14.0 Å². The predicted octanol–water partition coefficient (Wildman–Crippen LogP) is 3.98. The van der Waals surface area contributed by atoms with Crippen LogP contribution in [0, 0.1) is 5.82 Å². The summed E-state index contributed by atoms with van der Waals surface area (Å²) in [5, 5.41) is 3.07. The summed E-state index contributed by atoms with van der Waals surface area (Å²) in [5.74, 6) is -1.50. The largest absolute Gasteiger partial charge is 0.351 e. The summed E-state index contributed by atoms with van der Waals surface area (Å²) >= 11 is 5.84. The zero-order valence-electron chi connectivity index (χ0n) is 15.5. The van der Waals surface area contributed by atoms with E-state index in [1.807, 2.05) is 0 Å². The third-order valence-electron chi connectivity index (χ3n) is 4.91. The molecule has 5 nitrogen and oxygen atoms in total. The molecule has 148 valence electrons. The Hall–Kier alpha value is -2.47. The highest BCUT2D eigenvalue weighted by molar-refractivity contribution is 6.29. The van der Waals surface area contributed by atoms with Crippen LogP contribution in [0.5, 0.6) is 0 Å². The number of pyridine rings is 1. The fraction of sp³-hybridized carbons (Fsp3) is 0.381. The number of alkyl halides is 1. The van der Waals surface area contributed by atoms with Crippen LogP contribution in [0.25, 0.3) is 0 Å². The maximum Gasteiger partial charge on any atom is 0.249 e. The highest BCUT2D eigenvalue weighted by atomic mass is 35.5. The van der Waals surface area contributed by atoms with Gasteiger partial charge in [0.2, 0.25) is 11.8 Å². The zero-order chi connectivity index (χ0) is 19.9. The number of rotatable bonds is 6. The van der Waals surface area contributed by atoms with Gasteiger partial charge in [-0.3, -0.25) is 19.5 Å². The van der Waals surface area contributed by atoms with Crippen molar-refractivity contribution in [3.05, 3.63) is 60.2 Å². The highest BCUT2D eigenvalue weighted by Crippen LogP contribution is 2.28. The van der Waals surface area contributed by atoms with Gasteiger partial charge in [-0.2, -0.15) is 0 Å². The summed E-state index contributed by atoms with van der Waals surface area (Å²) in [7, 11) is 0. The molecule has 1 aromatic carbocycles. The van der Waals surface area contributed by atoms with Gasteiger partial charge in [-0.25, -0.2) is 4.39 Å². The molecule has 1 heterocycles. The lowest BCUT2D eigenvalue weighted by Gasteiger charge is -2.32. The third-order valence-corrected chi connectivity index (χ3v) is 5.14. The Labute approximate surface area is 168 Å². The van der Waals surface area contributed by atoms with Crippen LogP contribution < -0.4 is 10.2 Å². The summed E-state index contributed by atoms with van der Waals surface area (Å²) in [6, 6.07) is 9.71. The smallest absolute Gasteiger partial charge is 0.249 e. The quantitative estimate of drug-likeness (QED) is 0.742. The van der Waals surface area contributed by atoms with Crippen molar-refractivity contribution in [2.24, 2.45) is 0 Å². The molecule has 1 unspecified atom stereocenters. The average Bonchev–Trinajstić information content (AvgIpc) is 2.73. The molecule has 0 aliphatic heterocycles. The Kier molecular flexibility index (Phi) is 6.98. The molecule has 2 amide bonds. The maximum atomic E-state index is 13.4. The number of anilines is 1. The molecule has 0 saturated heterocycles. The zero-order valence-corrected chi connectivity index (χ0v) is 16.2. The number of halogens is 2. The summed E-state index contributed by atoms with van der Waals surface area (Å²) in [6.07, 6.45) is 6.72. The van der Waals surface area contributed by atoms with Crippen molar-refractivity contribution in [1.29, 1.82) is 0 Å². The predicted molar refractivity (Wildman–Crippen MR) is 107 cm³/mol. The third kappa shape index (κ3) is 4.87. The first-order valence-corrected chi connectivity index (χ1v) is 9.98. The molecule has 7 heteroatoms. The second-order valence-corrected chi connectivity index (χ2v) is 7.14. The van der Waals surface area contributed by atoms with Crippen LogP contribution in [0.2, 0.25) is 0 Å². The Morgan fingerprint density at radius 3 is 2.46 bits per heavy atom. The fourth-order valence-corrected chi connectivity index (χ4v) is 3.68. The van der Waals surface area contributed by atoms with Crippen molar-refractivity contribution in [3.63, 3.8) is 0 Å². The number of amides is 2. The molecule has 1 saturated carbocycles. The van der Waals surface area contributed by atoms with Gasteiger partial charge < -0.3 is 5.32 Å². The maximum absolute atomic E-state index is 13.4. The molecule has 1 aliphatic carbocycles. The van der Waals surface area contributed by atoms with Gasteiger partial charge in [0.15, 0.2) is 6.04 Å². The average molecular weight is 404 g/mol. The number of hydrogen-bond acceptors (Lipinski definition) is 3. The van der Waals surface area contributed by atoms with Crippen molar-refractivity contribution in [2.45, 2.75) is 44.2 Å². The number of aromatic nitrogens is 1. The number of nitrogens with zero attached hydrogens (tertiary/aromatic N) is 2. The molecule has 1 aliphatic rings. The van der Waals surface area contributed by atoms with Crippen LogP contribution in [-0.4, -0.2) is 28.7 Å². The molecule has 0 spiro atoms. The number of nitrogens with one attached hydrogen (secondary N) is 1. The number of carbonyl (C=O) groups excluding carboxylic acids is 2. The molecule has 1 aromatic heterocycles. The van der Waals surface area contributed by atoms with E-state index >= 15 is 0 Å². The number of carbonyl (C=O) groups is 2. The van der Waals surface area contributed by atoms with E-state index in [1.54, 1.807) is 24.4 Å². The van der Waals surface area contributed by atoms with Crippen LogP contribution in [-0.2, 0) is 9.59 Å². The fourth-order valence-electron chi connectivity index (χ4n) is 3.55. The number of hydrogen-bond donors (Lipinski definition) is 1. The molecule has 2 aromatic rings. The van der Waals surface area contributed by atoms with E-state index in [1.165, 1.54) is 35.6 Å². The SMILES string of the molecule is O=C(NC1CCCCC1)C(c1ccccn1)N(C(=O)CCl)c1ccc(F)cc1. The van der Waals surface area contributed by atoms with Gasteiger partial charge in [0.25, 0.3) is 0 Å². The van der Waals surface area contributed by atoms with Gasteiger partial charge in [-0.05, 0) is 49.2 Å². The lowest BCUT2D eigenvalue weighted by atomic mass is 9.95. The van der Waals surface area contributed by atoms with Gasteiger partial charge >= 0.3 is 0 Å². The molecule has 28 heavy (non-hydrogen) atoms. The van der Waals surface area contributed by atoms with Gasteiger partial charge in [0.05, 0.1) is 5.69 Å². The van der Waals surface area contributed by atoms with E-state index < -0.39 is 17.8 Å². The van der Waals surface area contributed by atoms with Crippen LogP contribution >= 0.6 is 11.6 Å². The minimum absolute atomic E-state index is 0.0774. The Bertz CT molecular complexity index is 795. The summed E-state index contributed by atoms with van der Waals surface area (Å²) in [5.41, 5.74) is 0.820. The highest BCUT2D eigenvalue weighted by Gasteiger charge is 2.34. The molecule has 3 rings (SSSR count). The molecule has 0 bridgehead atoms. The molecule has 1 atom stereocenters. The van der Waals surface area contributed by atoms with E-state index in [0.717, 1.165) is 25.7 Å². The topological polar surface area (TPSA) is 62.3 Å². The first-order valence-electron chi connectivity index (χ1n) is 9.45. The summed E-state index contributed by atoms with van der Waals surface area (Å²) in [4.78, 5) is 31.6. The standard InChI is InChI=1S/C21H23ClFN3O2/c22-14-19(27)26(17-11-9-15(23)10-12-17)20(18-8-4-5-13-24-18)21(28)25-16-6-2-1-3-7-16/h4-5,8-13,16,20H,1-3,6-7,14H2,(H,25,28). The van der Waals surface area contributed by atoms with Crippen LogP contribution in [0.15, 0.2) is 48.7 Å². The van der Waals surface area contributed by atoms with Crippen molar-refractivity contribution >= 4 is 29.1 Å². The second-order valence-electron chi connectivity index (χ2n) is 6.87. The first-order chi connectivity index (χ1) is 13.6. The number of benzene rings is 1. The van der Waals surface area contributed by atoms with Gasteiger partial charge in [-0.15, -0.1) is 11.6 Å². The second kappa shape index (κ2) is 9.64. The van der Waals surface area contributed by atoms with Crippen LogP contribution in [0.1, 0.15) is 43.8 Å². The van der Waals surface area contributed by atoms with E-state index in [4.69, 9.17) is 11.6 Å². The Morgan fingerprint density at radius 1 is 1.14 bits per heavy atom. The van der Waals surface area contributed by atoms with Crippen LogP contribution in [0.3, 0.4) is 0 Å². The van der Waals surface area contributed by atoms with Crippen molar-refractivity contribution in [1.82, 2.24) is 10.3 Å². The molecular formula is C21H23ClFN3O2. The van der Waals surface area contributed by atoms with Crippen LogP contribution in [0.4, 0.5) is 10.1 Å². The van der Waals surface area contributed by atoms with E-state index in [0.29, 0.717) is 11.4 Å². The Morgan fingerprint density at radius 2 is 1.86 bits per heavy atom. The first kappa shape index (κ1) is 20.3. The van der Waals surface area contributed by atoms with Crippen molar-refractivity contribution in [2.75, 3.05) is 10.8 Å². The van der Waals surface area contributed by atoms with E-state index in [-0.39, 0.29) is 17.8 Å². The van der Waals surface area contributed by atoms with Gasteiger partial charge in [-0.1, -0.05) is 25.3 Å². The Balaban J connectivity index is 1.98. The lowest BCUT2D eigenvalue weighted by molar-refractivity contribution is -0.126. The molecular weight excluding hydrogens is 381 g/mol. The molecule has 0 radical (unpaired) electrons. The monoisotopic (exact) mass is 403 g/mol. The van der Waals surface area contributed by atoms with Crippen molar-refractivity contribution in [3.8, 4) is 0 Å². The van der Waals surface area contributed by atoms with Gasteiger partial charge in [0.1, 0.15) is 11.7 Å². The van der Waals surface area contributed by atoms with Gasteiger partial charge in [0, 0.05) is 17.9 Å². The lowest BCUT2D eigenvalue weighted by Crippen LogP contribution is -2.48. The molecule has 1 N–H and O–H groups in total. The molecule has 1 fully saturated rings. The normalized spacial score (nSPS) is 15.6. The van der Waals surface area contributed by atoms with E-state index in [9.17, 15) is 14.0 Å².